The molecule has 0 aromatic carbocycles. The Kier molecular flexibility index (Phi) is 4.46. The number of aromatic nitrogens is 3. The first-order chi connectivity index (χ1) is 6.36. The highest BCUT2D eigenvalue weighted by atomic mass is 15.4. The molecule has 0 aliphatic carbocycles. The fourth-order valence-corrected chi connectivity index (χ4v) is 1.17. The molecule has 0 atom stereocenters. The lowest BCUT2D eigenvalue weighted by Gasteiger charge is -1.95. The van der Waals surface area contributed by atoms with Gasteiger partial charge in [0.1, 0.15) is 0 Å². The maximum absolute atomic E-state index is 5.41. The third-order valence-electron chi connectivity index (χ3n) is 1.96. The third-order valence-corrected chi connectivity index (χ3v) is 1.96. The molecule has 0 unspecified atom stereocenters. The molecule has 13 heavy (non-hydrogen) atoms. The van der Waals surface area contributed by atoms with Gasteiger partial charge in [0.2, 0.25) is 0 Å². The summed E-state index contributed by atoms with van der Waals surface area (Å²) in [6.45, 7) is 3.88. The van der Waals surface area contributed by atoms with E-state index in [-0.39, 0.29) is 0 Å². The molecule has 4 nitrogen and oxygen atoms in total. The molecule has 1 heterocycles. The fourth-order valence-electron chi connectivity index (χ4n) is 1.17. The Morgan fingerprint density at radius 2 is 2.31 bits per heavy atom. The summed E-state index contributed by atoms with van der Waals surface area (Å²) >= 11 is 0. The highest BCUT2D eigenvalue weighted by Gasteiger charge is 1.98. The van der Waals surface area contributed by atoms with Crippen LogP contribution in [0.1, 0.15) is 31.9 Å². The number of unbranched alkanes of at least 4 members (excludes halogenated alkanes) is 1. The zero-order chi connectivity index (χ0) is 9.52. The van der Waals surface area contributed by atoms with E-state index in [2.05, 4.69) is 17.2 Å². The molecule has 1 aromatic rings. The zero-order valence-electron chi connectivity index (χ0n) is 8.24. The molecule has 0 saturated heterocycles. The van der Waals surface area contributed by atoms with E-state index in [4.69, 9.17) is 5.73 Å². The van der Waals surface area contributed by atoms with Crippen LogP contribution in [0.5, 0.6) is 0 Å². The highest BCUT2D eigenvalue weighted by molar-refractivity contribution is 4.92. The molecule has 0 spiro atoms. The molecular formula is C9H18N4. The van der Waals surface area contributed by atoms with Gasteiger partial charge in [0, 0.05) is 12.7 Å². The summed E-state index contributed by atoms with van der Waals surface area (Å²) in [5, 5.41) is 8.10. The Morgan fingerprint density at radius 3 is 3.00 bits per heavy atom. The van der Waals surface area contributed by atoms with Gasteiger partial charge in [0.15, 0.2) is 0 Å². The van der Waals surface area contributed by atoms with Crippen molar-refractivity contribution in [3.05, 3.63) is 11.9 Å². The summed E-state index contributed by atoms with van der Waals surface area (Å²) < 4.78 is 1.91. The van der Waals surface area contributed by atoms with Gasteiger partial charge >= 0.3 is 0 Å². The van der Waals surface area contributed by atoms with Gasteiger partial charge in [-0.1, -0.05) is 18.6 Å². The van der Waals surface area contributed by atoms with E-state index >= 15 is 0 Å². The van der Waals surface area contributed by atoms with Crippen LogP contribution in [0.2, 0.25) is 0 Å². The Labute approximate surface area is 79.1 Å². The third kappa shape index (κ3) is 3.55. The lowest BCUT2D eigenvalue weighted by Crippen LogP contribution is -2.00. The van der Waals surface area contributed by atoms with Gasteiger partial charge in [-0.2, -0.15) is 0 Å². The second-order valence-electron chi connectivity index (χ2n) is 3.22. The minimum absolute atomic E-state index is 0.724. The molecule has 0 radical (unpaired) electrons. The van der Waals surface area contributed by atoms with E-state index < -0.39 is 0 Å². The molecule has 0 bridgehead atoms. The monoisotopic (exact) mass is 182 g/mol. The van der Waals surface area contributed by atoms with Gasteiger partial charge in [-0.25, -0.2) is 0 Å². The van der Waals surface area contributed by atoms with Crippen molar-refractivity contribution in [3.8, 4) is 0 Å². The summed E-state index contributed by atoms with van der Waals surface area (Å²) in [4.78, 5) is 0. The molecule has 74 valence electrons. The second kappa shape index (κ2) is 5.70. The predicted molar refractivity (Wildman–Crippen MR) is 52.3 cm³/mol. The molecule has 4 heteroatoms. The van der Waals surface area contributed by atoms with Gasteiger partial charge in [0.05, 0.1) is 5.69 Å². The average molecular weight is 182 g/mol. The second-order valence-corrected chi connectivity index (χ2v) is 3.22. The maximum Gasteiger partial charge on any atom is 0.0827 e. The van der Waals surface area contributed by atoms with Crippen molar-refractivity contribution in [1.82, 2.24) is 15.0 Å². The van der Waals surface area contributed by atoms with Crippen molar-refractivity contribution in [1.29, 1.82) is 0 Å². The van der Waals surface area contributed by atoms with Gasteiger partial charge in [0.25, 0.3) is 0 Å². The predicted octanol–water partition coefficient (Wildman–Crippen LogP) is 0.969. The fraction of sp³-hybridized carbons (Fsp3) is 0.778. The molecule has 0 aliphatic rings. The summed E-state index contributed by atoms with van der Waals surface area (Å²) in [7, 11) is 0. The van der Waals surface area contributed by atoms with Gasteiger partial charge in [-0.15, -0.1) is 5.10 Å². The first-order valence-electron chi connectivity index (χ1n) is 4.96. The maximum atomic E-state index is 5.41. The average Bonchev–Trinajstić information content (AvgIpc) is 2.59. The molecule has 0 fully saturated rings. The number of nitrogens with zero attached hydrogens (tertiary/aromatic N) is 3. The van der Waals surface area contributed by atoms with Crippen LogP contribution in [0.3, 0.4) is 0 Å². The first kappa shape index (κ1) is 10.2. The molecule has 1 rings (SSSR count). The van der Waals surface area contributed by atoms with Crippen molar-refractivity contribution in [2.75, 3.05) is 6.54 Å². The van der Waals surface area contributed by atoms with E-state index in [1.54, 1.807) is 0 Å². The molecular weight excluding hydrogens is 164 g/mol. The lowest BCUT2D eigenvalue weighted by atomic mass is 10.2. The van der Waals surface area contributed by atoms with Crippen LogP contribution in [0.25, 0.3) is 0 Å². The molecule has 0 saturated carbocycles. The van der Waals surface area contributed by atoms with Crippen molar-refractivity contribution in [2.24, 2.45) is 5.73 Å². The lowest BCUT2D eigenvalue weighted by molar-refractivity contribution is 0.553. The van der Waals surface area contributed by atoms with Crippen LogP contribution >= 0.6 is 0 Å². The van der Waals surface area contributed by atoms with Crippen molar-refractivity contribution in [3.63, 3.8) is 0 Å². The van der Waals surface area contributed by atoms with Crippen molar-refractivity contribution < 1.29 is 0 Å². The number of aryl methyl sites for hydroxylation is 2. The van der Waals surface area contributed by atoms with E-state index in [1.165, 1.54) is 12.8 Å². The number of hydrogen-bond acceptors (Lipinski definition) is 3. The highest BCUT2D eigenvalue weighted by Crippen LogP contribution is 1.98. The molecule has 1 aromatic heterocycles. The normalized spacial score (nSPS) is 10.6. The Bertz CT molecular complexity index is 209. The van der Waals surface area contributed by atoms with E-state index in [0.29, 0.717) is 0 Å². The van der Waals surface area contributed by atoms with Crippen LogP contribution in [0.15, 0.2) is 6.20 Å². The number of rotatable bonds is 6. The zero-order valence-corrected chi connectivity index (χ0v) is 8.24. The van der Waals surface area contributed by atoms with E-state index in [1.807, 2.05) is 10.9 Å². The van der Waals surface area contributed by atoms with Gasteiger partial charge in [-0.3, -0.25) is 4.68 Å². The van der Waals surface area contributed by atoms with Crippen LogP contribution in [0, 0.1) is 0 Å². The van der Waals surface area contributed by atoms with Gasteiger partial charge < -0.3 is 5.73 Å². The Morgan fingerprint density at radius 1 is 1.46 bits per heavy atom. The Hall–Kier alpha value is -0.900. The minimum Gasteiger partial charge on any atom is -0.330 e. The largest absolute Gasteiger partial charge is 0.330 e. The summed E-state index contributed by atoms with van der Waals surface area (Å²) in [6, 6.07) is 0. The van der Waals surface area contributed by atoms with Crippen LogP contribution in [0.4, 0.5) is 0 Å². The van der Waals surface area contributed by atoms with Crippen LogP contribution in [-0.4, -0.2) is 21.5 Å². The van der Waals surface area contributed by atoms with E-state index in [9.17, 15) is 0 Å². The quantitative estimate of drug-likeness (QED) is 0.713. The first-order valence-corrected chi connectivity index (χ1v) is 4.96. The molecule has 0 aliphatic heterocycles. The summed E-state index contributed by atoms with van der Waals surface area (Å²) in [5.74, 6) is 0. The smallest absolute Gasteiger partial charge is 0.0827 e. The molecule has 0 amide bonds. The SMILES string of the molecule is CCCCn1cc(CCCN)nn1. The van der Waals surface area contributed by atoms with Crippen molar-refractivity contribution in [2.45, 2.75) is 39.2 Å². The van der Waals surface area contributed by atoms with Crippen LogP contribution < -0.4 is 5.73 Å². The topological polar surface area (TPSA) is 56.7 Å². The minimum atomic E-state index is 0.724. The van der Waals surface area contributed by atoms with E-state index in [0.717, 1.165) is 31.6 Å². The van der Waals surface area contributed by atoms with Gasteiger partial charge in [-0.05, 0) is 25.8 Å². The molecule has 2 N–H and O–H groups in total. The summed E-state index contributed by atoms with van der Waals surface area (Å²) in [6.07, 6.45) is 6.32. The number of nitrogens with two attached hydrogens (primary N) is 1. The standard InChI is InChI=1S/C9H18N4/c1-2-3-7-13-8-9(11-12-13)5-4-6-10/h8H,2-7,10H2,1H3. The van der Waals surface area contributed by atoms with Crippen LogP contribution in [-0.2, 0) is 13.0 Å². The van der Waals surface area contributed by atoms with Crippen molar-refractivity contribution >= 4 is 0 Å². The number of hydrogen-bond donors (Lipinski definition) is 1. The Balaban J connectivity index is 2.34. The summed E-state index contributed by atoms with van der Waals surface area (Å²) in [5.41, 5.74) is 6.47.